The minimum atomic E-state index is 0.681. The summed E-state index contributed by atoms with van der Waals surface area (Å²) in [6, 6.07) is 69.7. The molecule has 0 unspecified atom stereocenters. The number of hydrogen-bond donors (Lipinski definition) is 0. The number of rotatable bonds is 6. The molecule has 0 atom stereocenters. The largest absolute Gasteiger partial charge is 0.454 e. The molecule has 0 N–H and O–H groups in total. The summed E-state index contributed by atoms with van der Waals surface area (Å²) in [6.45, 7) is 0. The summed E-state index contributed by atoms with van der Waals surface area (Å²) < 4.78 is 10.6. The van der Waals surface area contributed by atoms with Gasteiger partial charge >= 0.3 is 0 Å². The van der Waals surface area contributed by atoms with Gasteiger partial charge in [0.25, 0.3) is 0 Å². The molecule has 0 fully saturated rings. The summed E-state index contributed by atoms with van der Waals surface area (Å²) in [6.07, 6.45) is 1.80. The van der Waals surface area contributed by atoms with Crippen molar-refractivity contribution >= 4 is 65.7 Å². The van der Waals surface area contributed by atoms with Gasteiger partial charge in [0.05, 0.1) is 33.5 Å². The van der Waals surface area contributed by atoms with E-state index in [2.05, 4.69) is 172 Å². The molecule has 294 valence electrons. The van der Waals surface area contributed by atoms with Gasteiger partial charge in [-0.2, -0.15) is 0 Å². The first-order chi connectivity index (χ1) is 31.2. The Kier molecular flexibility index (Phi) is 7.77. The van der Waals surface area contributed by atoms with Crippen LogP contribution in [0, 0.1) is 0 Å². The second kappa shape index (κ2) is 13.9. The number of fused-ring (bicyclic) bond motifs is 9. The van der Waals surface area contributed by atoms with Gasteiger partial charge in [0.2, 0.25) is 0 Å². The maximum Gasteiger partial charge on any atom is 0.162 e. The van der Waals surface area contributed by atoms with Gasteiger partial charge in [-0.15, -0.1) is 0 Å². The summed E-state index contributed by atoms with van der Waals surface area (Å²) >= 11 is 0. The predicted octanol–water partition coefficient (Wildman–Crippen LogP) is 14.0. The summed E-state index contributed by atoms with van der Waals surface area (Å²) in [7, 11) is 0. The lowest BCUT2D eigenvalue weighted by Gasteiger charge is -2.12. The first-order valence-electron chi connectivity index (χ1n) is 21.0. The lowest BCUT2D eigenvalue weighted by molar-refractivity contribution is 0.668. The van der Waals surface area contributed by atoms with Gasteiger partial charge in [0.15, 0.2) is 11.4 Å². The fourth-order valence-electron chi connectivity index (χ4n) is 9.28. The number of benzene rings is 7. The topological polar surface area (TPSA) is 74.6 Å². The highest BCUT2D eigenvalue weighted by Gasteiger charge is 2.19. The Morgan fingerprint density at radius 1 is 0.333 bits per heavy atom. The predicted molar refractivity (Wildman–Crippen MR) is 255 cm³/mol. The molecule has 7 nitrogen and oxygen atoms in total. The highest BCUT2D eigenvalue weighted by atomic mass is 16.3. The normalized spacial score (nSPS) is 11.8. The summed E-state index contributed by atoms with van der Waals surface area (Å²) in [5, 5.41) is 5.63. The van der Waals surface area contributed by atoms with E-state index in [1.54, 1.807) is 6.20 Å². The Morgan fingerprint density at radius 3 is 1.81 bits per heavy atom. The van der Waals surface area contributed by atoms with Crippen LogP contribution in [0.15, 0.2) is 211 Å². The number of hydrogen-bond acceptors (Lipinski definition) is 5. The Morgan fingerprint density at radius 2 is 0.984 bits per heavy atom. The number of pyridine rings is 2. The Labute approximate surface area is 360 Å². The van der Waals surface area contributed by atoms with Crippen LogP contribution in [0.25, 0.3) is 122 Å². The zero-order chi connectivity index (χ0) is 41.4. The van der Waals surface area contributed by atoms with Crippen molar-refractivity contribution in [3.05, 3.63) is 206 Å². The van der Waals surface area contributed by atoms with Gasteiger partial charge in [0, 0.05) is 55.9 Å². The van der Waals surface area contributed by atoms with Crippen LogP contribution in [0.4, 0.5) is 0 Å². The average molecular weight is 807 g/mol. The van der Waals surface area contributed by atoms with Crippen LogP contribution in [0.2, 0.25) is 0 Å². The van der Waals surface area contributed by atoms with Gasteiger partial charge in [0.1, 0.15) is 22.7 Å². The maximum absolute atomic E-state index is 6.07. The van der Waals surface area contributed by atoms with Gasteiger partial charge in [-0.3, -0.25) is 14.1 Å². The molecule has 13 aromatic rings. The number of nitrogens with zero attached hydrogens (tertiary/aromatic N) is 6. The molecule has 0 aliphatic heterocycles. The van der Waals surface area contributed by atoms with Crippen LogP contribution in [-0.2, 0) is 0 Å². The lowest BCUT2D eigenvalue weighted by atomic mass is 10.0. The molecule has 0 radical (unpaired) electrons. The van der Waals surface area contributed by atoms with E-state index in [4.69, 9.17) is 19.4 Å². The average Bonchev–Trinajstić information content (AvgIpc) is 4.01. The molecule has 7 aromatic carbocycles. The van der Waals surface area contributed by atoms with Crippen molar-refractivity contribution in [3.63, 3.8) is 0 Å². The van der Waals surface area contributed by atoms with Crippen LogP contribution >= 0.6 is 0 Å². The van der Waals surface area contributed by atoms with Gasteiger partial charge in [-0.1, -0.05) is 121 Å². The molecule has 6 heterocycles. The van der Waals surface area contributed by atoms with E-state index in [0.717, 1.165) is 111 Å². The molecule has 0 aliphatic rings. The molecule has 63 heavy (non-hydrogen) atoms. The van der Waals surface area contributed by atoms with Crippen molar-refractivity contribution in [2.75, 3.05) is 0 Å². The molecular formula is C56H34N6O. The van der Waals surface area contributed by atoms with Gasteiger partial charge < -0.3 is 4.42 Å². The Bertz CT molecular complexity index is 3860. The first-order valence-corrected chi connectivity index (χ1v) is 21.0. The molecular weight excluding hydrogens is 773 g/mol. The number of aromatic nitrogens is 6. The third kappa shape index (κ3) is 5.67. The Balaban J connectivity index is 0.961. The number of para-hydroxylation sites is 2. The fourth-order valence-corrected chi connectivity index (χ4v) is 9.28. The zero-order valence-corrected chi connectivity index (χ0v) is 33.7. The monoisotopic (exact) mass is 806 g/mol. The molecule has 0 aliphatic carbocycles. The van der Waals surface area contributed by atoms with Crippen LogP contribution in [0.1, 0.15) is 0 Å². The van der Waals surface area contributed by atoms with Crippen molar-refractivity contribution in [3.8, 4) is 56.7 Å². The van der Waals surface area contributed by atoms with E-state index >= 15 is 0 Å². The Hall–Kier alpha value is -8.68. The first kappa shape index (κ1) is 35.1. The molecule has 0 spiro atoms. The van der Waals surface area contributed by atoms with E-state index in [9.17, 15) is 0 Å². The second-order valence-electron chi connectivity index (χ2n) is 15.9. The summed E-state index contributed by atoms with van der Waals surface area (Å²) in [4.78, 5) is 20.2. The fraction of sp³-hybridized carbons (Fsp3) is 0. The quantitative estimate of drug-likeness (QED) is 0.167. The van der Waals surface area contributed by atoms with E-state index < -0.39 is 0 Å². The zero-order valence-electron chi connectivity index (χ0n) is 33.7. The minimum Gasteiger partial charge on any atom is -0.454 e. The molecule has 7 heteroatoms. The van der Waals surface area contributed by atoms with E-state index in [0.29, 0.717) is 5.82 Å². The van der Waals surface area contributed by atoms with Gasteiger partial charge in [-0.05, 0) is 83.9 Å². The van der Waals surface area contributed by atoms with E-state index in [1.807, 2.05) is 42.5 Å². The highest BCUT2D eigenvalue weighted by molar-refractivity contribution is 6.12. The van der Waals surface area contributed by atoms with Crippen LogP contribution in [0.5, 0.6) is 0 Å². The lowest BCUT2D eigenvalue weighted by Crippen LogP contribution is -2.02. The standard InChI is InChI=1S/C56H34N6O/c1-3-13-35(14-4-1)46-34-54(60-56(59-46)36-15-5-2-6-16-36)62-47-20-9-7-17-40(47)42-27-24-38(33-50(42)62)37-25-28-49-43(31-37)41-18-8-10-21-48(41)61(49)53-23-11-19-45(58-53)39-26-29-51-44(32-39)55-52(63-51)22-12-30-57-55/h1-34H. The molecule has 0 saturated heterocycles. The summed E-state index contributed by atoms with van der Waals surface area (Å²) in [5.41, 5.74) is 13.8. The van der Waals surface area contributed by atoms with E-state index in [1.165, 1.54) is 5.39 Å². The van der Waals surface area contributed by atoms with Crippen molar-refractivity contribution in [1.29, 1.82) is 0 Å². The minimum absolute atomic E-state index is 0.681. The van der Waals surface area contributed by atoms with Crippen LogP contribution < -0.4 is 0 Å². The highest BCUT2D eigenvalue weighted by Crippen LogP contribution is 2.39. The van der Waals surface area contributed by atoms with Crippen LogP contribution in [0.3, 0.4) is 0 Å². The summed E-state index contributed by atoms with van der Waals surface area (Å²) in [5.74, 6) is 2.34. The molecule has 13 rings (SSSR count). The molecule has 0 amide bonds. The number of furan rings is 1. The third-order valence-corrected chi connectivity index (χ3v) is 12.2. The smallest absolute Gasteiger partial charge is 0.162 e. The van der Waals surface area contributed by atoms with Crippen molar-refractivity contribution < 1.29 is 4.42 Å². The van der Waals surface area contributed by atoms with Crippen molar-refractivity contribution in [2.45, 2.75) is 0 Å². The SMILES string of the molecule is c1ccc(-c2cc(-n3c4ccccc4c4ccc(-c5ccc6c(c5)c5ccccc5n6-c5cccc(-c6ccc7oc8cccnc8c7c6)n5)cc43)nc(-c3ccccc3)n2)cc1. The molecule has 6 aromatic heterocycles. The van der Waals surface area contributed by atoms with E-state index in [-0.39, 0.29) is 0 Å². The third-order valence-electron chi connectivity index (χ3n) is 12.2. The maximum atomic E-state index is 6.07. The molecule has 0 bridgehead atoms. The van der Waals surface area contributed by atoms with Crippen molar-refractivity contribution in [1.82, 2.24) is 29.1 Å². The van der Waals surface area contributed by atoms with Gasteiger partial charge in [-0.25, -0.2) is 15.0 Å². The van der Waals surface area contributed by atoms with Crippen LogP contribution in [-0.4, -0.2) is 29.1 Å². The molecule has 0 saturated carbocycles. The second-order valence-corrected chi connectivity index (χ2v) is 15.9. The van der Waals surface area contributed by atoms with Crippen molar-refractivity contribution in [2.24, 2.45) is 0 Å².